The number of amides is 5. The van der Waals surface area contributed by atoms with Crippen molar-refractivity contribution in [3.05, 3.63) is 0 Å². The minimum atomic E-state index is -1.41. The van der Waals surface area contributed by atoms with Crippen LogP contribution in [0.25, 0.3) is 0 Å². The van der Waals surface area contributed by atoms with Crippen LogP contribution in [0.2, 0.25) is 0 Å². The van der Waals surface area contributed by atoms with E-state index >= 15 is 0 Å². The predicted octanol–water partition coefficient (Wildman–Crippen LogP) is -0.00480. The van der Waals surface area contributed by atoms with Crippen LogP contribution in [0.5, 0.6) is 0 Å². The first kappa shape index (κ1) is 41.4. The van der Waals surface area contributed by atoms with Gasteiger partial charge in [0.15, 0.2) is 0 Å². The Kier molecular flexibility index (Phi) is 17.8. The number of carbonyl (C=O) groups is 5. The fourth-order valence-electron chi connectivity index (χ4n) is 6.67. The van der Waals surface area contributed by atoms with Gasteiger partial charge in [0.25, 0.3) is 0 Å². The lowest BCUT2D eigenvalue weighted by Gasteiger charge is -2.38. The van der Waals surface area contributed by atoms with Gasteiger partial charge in [-0.25, -0.2) is 0 Å². The van der Waals surface area contributed by atoms with Gasteiger partial charge < -0.3 is 42.1 Å². The minimum Gasteiger partial charge on any atom is -0.394 e. The first-order valence-electron chi connectivity index (χ1n) is 18.0. The summed E-state index contributed by atoms with van der Waals surface area (Å²) in [5.41, 5.74) is 5.92. The molecule has 1 aliphatic carbocycles. The third-order valence-electron chi connectivity index (χ3n) is 9.67. The summed E-state index contributed by atoms with van der Waals surface area (Å²) in [6.07, 6.45) is 7.02. The van der Waals surface area contributed by atoms with E-state index in [0.29, 0.717) is 25.8 Å². The number of rotatable bonds is 11. The second-order valence-corrected chi connectivity index (χ2v) is 14.1. The van der Waals surface area contributed by atoms with E-state index in [4.69, 9.17) is 5.73 Å². The van der Waals surface area contributed by atoms with E-state index in [-0.39, 0.29) is 30.8 Å². The van der Waals surface area contributed by atoms with Gasteiger partial charge in [-0.15, -0.1) is 0 Å². The van der Waals surface area contributed by atoms with E-state index in [9.17, 15) is 34.2 Å². The molecule has 0 aromatic heterocycles. The third kappa shape index (κ3) is 12.3. The molecule has 1 saturated carbocycles. The Morgan fingerprint density at radius 2 is 1.54 bits per heavy atom. The van der Waals surface area contributed by atoms with Crippen molar-refractivity contribution in [1.29, 1.82) is 0 Å². The molecule has 1 heterocycles. The summed E-state index contributed by atoms with van der Waals surface area (Å²) in [7, 11) is 1.60. The smallest absolute Gasteiger partial charge is 0.245 e. The topological polar surface area (TPSA) is 206 Å². The molecule has 1 unspecified atom stereocenters. The summed E-state index contributed by atoms with van der Waals surface area (Å²) in [4.78, 5) is 72.2. The largest absolute Gasteiger partial charge is 0.394 e. The van der Waals surface area contributed by atoms with Crippen LogP contribution in [0.1, 0.15) is 98.8 Å². The van der Waals surface area contributed by atoms with Crippen molar-refractivity contribution in [2.45, 2.75) is 141 Å². The Labute approximate surface area is 286 Å². The fourth-order valence-corrected chi connectivity index (χ4v) is 6.67. The van der Waals surface area contributed by atoms with Crippen LogP contribution < -0.4 is 27.0 Å². The molecule has 7 atom stereocenters. The zero-order valence-electron chi connectivity index (χ0n) is 30.0. The molecule has 14 heteroatoms. The maximum Gasteiger partial charge on any atom is 0.245 e. The molecule has 0 aromatic rings. The lowest BCUT2D eigenvalue weighted by molar-refractivity contribution is -0.144. The average Bonchev–Trinajstić information content (AvgIpc) is 3.06. The molecular weight excluding hydrogens is 618 g/mol. The van der Waals surface area contributed by atoms with Gasteiger partial charge in [-0.1, -0.05) is 59.3 Å². The summed E-state index contributed by atoms with van der Waals surface area (Å²) in [5, 5.41) is 31.6. The van der Waals surface area contributed by atoms with Gasteiger partial charge in [0, 0.05) is 20.1 Å². The molecule has 14 nitrogen and oxygen atoms in total. The molecule has 1 saturated heterocycles. The highest BCUT2D eigenvalue weighted by Crippen LogP contribution is 2.27. The summed E-state index contributed by atoms with van der Waals surface area (Å²) < 4.78 is 0. The highest BCUT2D eigenvalue weighted by Gasteiger charge is 2.39. The third-order valence-corrected chi connectivity index (χ3v) is 9.67. The van der Waals surface area contributed by atoms with Crippen molar-refractivity contribution in [3.63, 3.8) is 0 Å². The maximum atomic E-state index is 14.1. The highest BCUT2D eigenvalue weighted by atomic mass is 16.3. The number of carbonyl (C=O) groups excluding carboxylic acids is 5. The summed E-state index contributed by atoms with van der Waals surface area (Å²) >= 11 is 0. The van der Waals surface area contributed by atoms with Crippen molar-refractivity contribution in [1.82, 2.24) is 31.1 Å². The zero-order valence-corrected chi connectivity index (χ0v) is 30.0. The van der Waals surface area contributed by atoms with Gasteiger partial charge in [0.05, 0.1) is 24.8 Å². The molecule has 276 valence electrons. The molecule has 2 rings (SSSR count). The lowest BCUT2D eigenvalue weighted by Crippen LogP contribution is -2.64. The fraction of sp³-hybridized carbons (Fsp3) is 0.853. The highest BCUT2D eigenvalue weighted by molar-refractivity contribution is 5.96. The molecule has 0 spiro atoms. The number of nitrogens with two attached hydrogens (primary N) is 1. The summed E-state index contributed by atoms with van der Waals surface area (Å²) in [6, 6.07) is -6.04. The summed E-state index contributed by atoms with van der Waals surface area (Å²) in [6.45, 7) is 8.99. The normalized spacial score (nSPS) is 29.0. The van der Waals surface area contributed by atoms with Crippen molar-refractivity contribution in [3.8, 4) is 0 Å². The van der Waals surface area contributed by atoms with Crippen LogP contribution in [0.4, 0.5) is 0 Å². The monoisotopic (exact) mass is 681 g/mol. The number of aliphatic hydroxyl groups is 2. The van der Waals surface area contributed by atoms with Gasteiger partial charge in [0.1, 0.15) is 24.2 Å². The lowest BCUT2D eigenvalue weighted by atomic mass is 9.83. The number of nitrogens with one attached hydrogen (secondary N) is 4. The van der Waals surface area contributed by atoms with Gasteiger partial charge in [-0.2, -0.15) is 0 Å². The zero-order chi connectivity index (χ0) is 36.0. The molecule has 48 heavy (non-hydrogen) atoms. The standard InChI is InChI=1S/C34H63N7O7/c1-7-8-9-13-16-41-19-25(20-42)36-32(46)28(23(5)43)38-30(44)26(18-35)37-33(47)29(24-14-11-10-12-15-24)39-31(45)27(17-21(2)3)40(6)34(48)22(41)4/h21-29,42-43H,7-20,35H2,1-6H3,(H,36,46)(H,37,47)(H,38,44)(H,39,45)/t22-,23-,25-,26-,27-,28-,29?/m0/s1. The minimum absolute atomic E-state index is 0.0532. The SMILES string of the molecule is CCCCCCN1C[C@@H](CO)NC(=O)[C@H]([C@H](C)O)NC(=O)[C@H](CN)NC(=O)C(C2CCCCC2)NC(=O)[C@H](CC(C)C)N(C)C(=O)[C@@H]1C. The Hall–Kier alpha value is -2.81. The van der Waals surface area contributed by atoms with E-state index in [1.165, 1.54) is 11.8 Å². The number of likely N-dealkylation sites (N-methyl/N-ethyl adjacent to an activating group) is 1. The molecule has 2 fully saturated rings. The van der Waals surface area contributed by atoms with Crippen LogP contribution in [-0.2, 0) is 24.0 Å². The van der Waals surface area contributed by atoms with Crippen LogP contribution in [0.15, 0.2) is 0 Å². The van der Waals surface area contributed by atoms with E-state index < -0.39 is 72.6 Å². The van der Waals surface area contributed by atoms with Crippen molar-refractivity contribution >= 4 is 29.5 Å². The molecule has 5 amide bonds. The Balaban J connectivity index is 2.60. The predicted molar refractivity (Wildman–Crippen MR) is 183 cm³/mol. The Morgan fingerprint density at radius 1 is 0.875 bits per heavy atom. The Morgan fingerprint density at radius 3 is 2.10 bits per heavy atom. The molecule has 1 aliphatic heterocycles. The van der Waals surface area contributed by atoms with Crippen LogP contribution in [-0.4, -0.2) is 125 Å². The number of hydrogen-bond donors (Lipinski definition) is 7. The van der Waals surface area contributed by atoms with Crippen molar-refractivity contribution < 1.29 is 34.2 Å². The van der Waals surface area contributed by atoms with E-state index in [1.807, 2.05) is 18.7 Å². The quantitative estimate of drug-likeness (QED) is 0.146. The molecule has 0 radical (unpaired) electrons. The first-order valence-corrected chi connectivity index (χ1v) is 18.0. The molecule has 0 bridgehead atoms. The second-order valence-electron chi connectivity index (χ2n) is 14.1. The second kappa shape index (κ2) is 20.6. The number of unbranched alkanes of at least 4 members (excludes halogenated alkanes) is 3. The van der Waals surface area contributed by atoms with Gasteiger partial charge in [-0.05, 0) is 57.9 Å². The van der Waals surface area contributed by atoms with Crippen LogP contribution in [0, 0.1) is 11.8 Å². The maximum absolute atomic E-state index is 14.1. The Bertz CT molecular complexity index is 1050. The molecule has 8 N–H and O–H groups in total. The van der Waals surface area contributed by atoms with Gasteiger partial charge in [0.2, 0.25) is 29.5 Å². The average molecular weight is 682 g/mol. The van der Waals surface area contributed by atoms with E-state index in [1.54, 1.807) is 14.0 Å². The molecular formula is C34H63N7O7. The number of aliphatic hydroxyl groups excluding tert-OH is 2. The number of hydrogen-bond acceptors (Lipinski definition) is 9. The molecule has 2 aliphatic rings. The van der Waals surface area contributed by atoms with Crippen molar-refractivity contribution in [2.24, 2.45) is 17.6 Å². The number of nitrogens with zero attached hydrogens (tertiary/aromatic N) is 2. The van der Waals surface area contributed by atoms with Gasteiger partial charge >= 0.3 is 0 Å². The van der Waals surface area contributed by atoms with E-state index in [2.05, 4.69) is 28.2 Å². The van der Waals surface area contributed by atoms with Crippen LogP contribution in [0.3, 0.4) is 0 Å². The first-order chi connectivity index (χ1) is 22.7. The van der Waals surface area contributed by atoms with Gasteiger partial charge in [-0.3, -0.25) is 28.9 Å². The van der Waals surface area contributed by atoms with Crippen molar-refractivity contribution in [2.75, 3.05) is 33.3 Å². The summed E-state index contributed by atoms with van der Waals surface area (Å²) in [5.74, 6) is -2.95. The van der Waals surface area contributed by atoms with E-state index in [0.717, 1.165) is 44.9 Å². The van der Waals surface area contributed by atoms with Crippen LogP contribution >= 0.6 is 0 Å². The molecule has 0 aromatic carbocycles.